The van der Waals surface area contributed by atoms with Crippen LogP contribution in [-0.4, -0.2) is 14.4 Å². The highest BCUT2D eigenvalue weighted by atomic mass is 35.5. The van der Waals surface area contributed by atoms with Gasteiger partial charge in [-0.1, -0.05) is 11.6 Å². The first-order valence-electron chi connectivity index (χ1n) is 3.81. The van der Waals surface area contributed by atoms with Gasteiger partial charge in [-0.25, -0.2) is 13.6 Å². The second-order valence-corrected chi connectivity index (χ2v) is 4.70. The molecule has 2 N–H and O–H groups in total. The number of halogens is 1. The number of ether oxygens (including phenoxy) is 1. The molecule has 5 nitrogen and oxygen atoms in total. The van der Waals surface area contributed by atoms with Gasteiger partial charge in [-0.3, -0.25) is 4.79 Å². The van der Waals surface area contributed by atoms with Gasteiger partial charge in [0.25, 0.3) is 0 Å². The molecule has 0 saturated heterocycles. The van der Waals surface area contributed by atoms with Crippen LogP contribution in [0.4, 0.5) is 0 Å². The number of hydrogen-bond donors (Lipinski definition) is 1. The maximum Gasteiger partial charge on any atom is 0.308 e. The molecule has 0 spiro atoms. The zero-order valence-corrected chi connectivity index (χ0v) is 9.30. The van der Waals surface area contributed by atoms with Gasteiger partial charge in [0.05, 0.1) is 0 Å². The van der Waals surface area contributed by atoms with Crippen molar-refractivity contribution in [2.24, 2.45) is 5.14 Å². The van der Waals surface area contributed by atoms with Crippen LogP contribution in [0.5, 0.6) is 5.75 Å². The fourth-order valence-electron chi connectivity index (χ4n) is 0.952. The minimum atomic E-state index is -3.93. The normalized spacial score (nSPS) is 11.1. The van der Waals surface area contributed by atoms with E-state index in [1.807, 2.05) is 0 Å². The van der Waals surface area contributed by atoms with E-state index in [-0.39, 0.29) is 15.7 Å². The van der Waals surface area contributed by atoms with Crippen LogP contribution < -0.4 is 9.88 Å². The molecule has 1 rings (SSSR count). The average molecular weight is 250 g/mol. The van der Waals surface area contributed by atoms with E-state index in [0.29, 0.717) is 0 Å². The van der Waals surface area contributed by atoms with Gasteiger partial charge in [-0.2, -0.15) is 0 Å². The molecule has 1 aromatic carbocycles. The third-order valence-electron chi connectivity index (χ3n) is 1.47. The minimum Gasteiger partial charge on any atom is -0.425 e. The maximum absolute atomic E-state index is 11.1. The second kappa shape index (κ2) is 4.18. The van der Waals surface area contributed by atoms with Crippen molar-refractivity contribution in [2.45, 2.75) is 11.8 Å². The van der Waals surface area contributed by atoms with Crippen LogP contribution in [0.2, 0.25) is 5.02 Å². The average Bonchev–Trinajstić information content (AvgIpc) is 1.99. The van der Waals surface area contributed by atoms with E-state index in [9.17, 15) is 13.2 Å². The molecule has 0 fully saturated rings. The summed E-state index contributed by atoms with van der Waals surface area (Å²) in [6.45, 7) is 1.15. The molecule has 0 amide bonds. The second-order valence-electron chi connectivity index (χ2n) is 2.73. The quantitative estimate of drug-likeness (QED) is 0.624. The molecule has 0 aliphatic heterocycles. The number of carbonyl (C=O) groups is 1. The molecule has 0 unspecified atom stereocenters. The molecular formula is C8H8ClNO4S. The van der Waals surface area contributed by atoms with Crippen molar-refractivity contribution in [3.8, 4) is 5.75 Å². The third kappa shape index (κ3) is 3.19. The summed E-state index contributed by atoms with van der Waals surface area (Å²) < 4.78 is 26.8. The molecular weight excluding hydrogens is 242 g/mol. The maximum atomic E-state index is 11.1. The van der Waals surface area contributed by atoms with Crippen molar-refractivity contribution >= 4 is 27.6 Å². The summed E-state index contributed by atoms with van der Waals surface area (Å²) in [5.74, 6) is -0.820. The SMILES string of the molecule is CC(=O)Oc1cc(Cl)ccc1S(N)(=O)=O. The van der Waals surface area contributed by atoms with Crippen molar-refractivity contribution in [1.82, 2.24) is 0 Å². The predicted octanol–water partition coefficient (Wildman–Crippen LogP) is 0.913. The summed E-state index contributed by atoms with van der Waals surface area (Å²) in [5, 5.41) is 5.17. The minimum absolute atomic E-state index is 0.169. The van der Waals surface area contributed by atoms with Gasteiger partial charge < -0.3 is 4.74 Å². The molecule has 1 aromatic rings. The molecule has 0 atom stereocenters. The van der Waals surface area contributed by atoms with Crippen LogP contribution in [0, 0.1) is 0 Å². The molecule has 0 aromatic heterocycles. The first-order valence-corrected chi connectivity index (χ1v) is 5.74. The topological polar surface area (TPSA) is 86.5 Å². The number of sulfonamides is 1. The van der Waals surface area contributed by atoms with Crippen LogP contribution in [0.15, 0.2) is 23.1 Å². The Balaban J connectivity index is 3.33. The highest BCUT2D eigenvalue weighted by Crippen LogP contribution is 2.26. The molecule has 0 heterocycles. The van der Waals surface area contributed by atoms with Crippen LogP contribution in [0.3, 0.4) is 0 Å². The number of carbonyl (C=O) groups excluding carboxylic acids is 1. The Bertz CT molecular complexity index is 497. The van der Waals surface area contributed by atoms with E-state index in [4.69, 9.17) is 16.7 Å². The van der Waals surface area contributed by atoms with Crippen LogP contribution >= 0.6 is 11.6 Å². The highest BCUT2D eigenvalue weighted by Gasteiger charge is 2.16. The number of esters is 1. The van der Waals surface area contributed by atoms with E-state index in [1.54, 1.807) is 0 Å². The van der Waals surface area contributed by atoms with Crippen molar-refractivity contribution < 1.29 is 17.9 Å². The van der Waals surface area contributed by atoms with Gasteiger partial charge in [0, 0.05) is 18.0 Å². The monoisotopic (exact) mass is 249 g/mol. The highest BCUT2D eigenvalue weighted by molar-refractivity contribution is 7.89. The van der Waals surface area contributed by atoms with Gasteiger partial charge in [-0.05, 0) is 12.1 Å². The van der Waals surface area contributed by atoms with Gasteiger partial charge in [0.2, 0.25) is 10.0 Å². The van der Waals surface area contributed by atoms with E-state index in [0.717, 1.165) is 6.92 Å². The summed E-state index contributed by atoms with van der Waals surface area (Å²) in [4.78, 5) is 10.4. The summed E-state index contributed by atoms with van der Waals surface area (Å²) in [7, 11) is -3.93. The van der Waals surface area contributed by atoms with E-state index >= 15 is 0 Å². The van der Waals surface area contributed by atoms with Gasteiger partial charge >= 0.3 is 5.97 Å². The van der Waals surface area contributed by atoms with E-state index < -0.39 is 16.0 Å². The fraction of sp³-hybridized carbons (Fsp3) is 0.125. The number of hydrogen-bond acceptors (Lipinski definition) is 4. The number of nitrogens with two attached hydrogens (primary N) is 1. The number of rotatable bonds is 2. The lowest BCUT2D eigenvalue weighted by molar-refractivity contribution is -0.132. The lowest BCUT2D eigenvalue weighted by Gasteiger charge is -2.06. The van der Waals surface area contributed by atoms with Gasteiger partial charge in [-0.15, -0.1) is 0 Å². The van der Waals surface area contributed by atoms with Gasteiger partial charge in [0.1, 0.15) is 4.90 Å². The summed E-state index contributed by atoms with van der Waals surface area (Å²) in [5.41, 5.74) is 0. The summed E-state index contributed by atoms with van der Waals surface area (Å²) >= 11 is 5.62. The van der Waals surface area contributed by atoms with Crippen molar-refractivity contribution in [3.63, 3.8) is 0 Å². The third-order valence-corrected chi connectivity index (χ3v) is 2.65. The zero-order valence-electron chi connectivity index (χ0n) is 7.73. The van der Waals surface area contributed by atoms with Crippen LogP contribution in [0.25, 0.3) is 0 Å². The lowest BCUT2D eigenvalue weighted by atomic mass is 10.3. The Labute approximate surface area is 91.8 Å². The molecule has 82 valence electrons. The first-order chi connectivity index (χ1) is 6.80. The summed E-state index contributed by atoms with van der Waals surface area (Å²) in [6.07, 6.45) is 0. The Morgan fingerprint density at radius 1 is 1.47 bits per heavy atom. The number of primary sulfonamides is 1. The van der Waals surface area contributed by atoms with Crippen molar-refractivity contribution in [2.75, 3.05) is 0 Å². The summed E-state index contributed by atoms with van der Waals surface area (Å²) in [6, 6.07) is 3.73. The molecule has 0 radical (unpaired) electrons. The Morgan fingerprint density at radius 2 is 2.07 bits per heavy atom. The van der Waals surface area contributed by atoms with E-state index in [1.165, 1.54) is 18.2 Å². The Kier molecular flexibility index (Phi) is 3.33. The molecule has 0 bridgehead atoms. The molecule has 7 heteroatoms. The van der Waals surface area contributed by atoms with Crippen LogP contribution in [-0.2, 0) is 14.8 Å². The Morgan fingerprint density at radius 3 is 2.53 bits per heavy atom. The largest absolute Gasteiger partial charge is 0.425 e. The predicted molar refractivity (Wildman–Crippen MR) is 54.1 cm³/mol. The number of benzene rings is 1. The van der Waals surface area contributed by atoms with Crippen LogP contribution in [0.1, 0.15) is 6.92 Å². The molecule has 0 saturated carbocycles. The lowest BCUT2D eigenvalue weighted by Crippen LogP contribution is -2.15. The van der Waals surface area contributed by atoms with Crippen molar-refractivity contribution in [1.29, 1.82) is 0 Å². The van der Waals surface area contributed by atoms with Crippen molar-refractivity contribution in [3.05, 3.63) is 23.2 Å². The zero-order chi connectivity index (χ0) is 11.6. The smallest absolute Gasteiger partial charge is 0.308 e. The fourth-order valence-corrected chi connectivity index (χ4v) is 1.75. The van der Waals surface area contributed by atoms with E-state index in [2.05, 4.69) is 4.74 Å². The Hall–Kier alpha value is -1.11. The standard InChI is InChI=1S/C8H8ClNO4S/c1-5(11)14-7-4-6(9)2-3-8(7)15(10,12)13/h2-4H,1H3,(H2,10,12,13). The molecule has 15 heavy (non-hydrogen) atoms. The van der Waals surface area contributed by atoms with Gasteiger partial charge in [0.15, 0.2) is 5.75 Å². The molecule has 0 aliphatic rings. The first kappa shape index (κ1) is 12.0. The molecule has 0 aliphatic carbocycles.